The maximum Gasteiger partial charge on any atom is 0.233 e. The van der Waals surface area contributed by atoms with Crippen molar-refractivity contribution in [3.05, 3.63) is 24.3 Å². The fourth-order valence-electron chi connectivity index (χ4n) is 2.98. The molecule has 24 heavy (non-hydrogen) atoms. The minimum Gasteiger partial charge on any atom is -0.341 e. The molecule has 2 aromatic rings. The maximum atomic E-state index is 12.4. The van der Waals surface area contributed by atoms with Crippen molar-refractivity contribution in [2.45, 2.75) is 31.1 Å². The number of sulfone groups is 1. The van der Waals surface area contributed by atoms with E-state index in [1.165, 1.54) is 11.8 Å². The van der Waals surface area contributed by atoms with Crippen molar-refractivity contribution in [2.24, 2.45) is 0 Å². The van der Waals surface area contributed by atoms with Gasteiger partial charge in [-0.3, -0.25) is 4.79 Å². The highest BCUT2D eigenvalue weighted by Gasteiger charge is 2.32. The van der Waals surface area contributed by atoms with Crippen LogP contribution in [0.1, 0.15) is 13.3 Å². The van der Waals surface area contributed by atoms with Crippen LogP contribution in [-0.2, 0) is 21.2 Å². The van der Waals surface area contributed by atoms with E-state index in [4.69, 9.17) is 0 Å². The van der Waals surface area contributed by atoms with Crippen LogP contribution in [0.15, 0.2) is 29.4 Å². The number of rotatable bonds is 5. The summed E-state index contributed by atoms with van der Waals surface area (Å²) in [7, 11) is -1.29. The summed E-state index contributed by atoms with van der Waals surface area (Å²) in [5.41, 5.74) is 1.98. The smallest absolute Gasteiger partial charge is 0.233 e. The van der Waals surface area contributed by atoms with Crippen LogP contribution in [0, 0.1) is 0 Å². The van der Waals surface area contributed by atoms with Gasteiger partial charge < -0.3 is 9.47 Å². The third-order valence-corrected chi connectivity index (χ3v) is 7.12. The Morgan fingerprint density at radius 2 is 2.17 bits per heavy atom. The van der Waals surface area contributed by atoms with Gasteiger partial charge in [0.05, 0.1) is 28.3 Å². The summed E-state index contributed by atoms with van der Waals surface area (Å²) in [6.45, 7) is 2.84. The van der Waals surface area contributed by atoms with Gasteiger partial charge in [0.25, 0.3) is 0 Å². The van der Waals surface area contributed by atoms with Gasteiger partial charge in [-0.1, -0.05) is 23.9 Å². The number of hydrogen-bond donors (Lipinski definition) is 0. The molecule has 0 radical (unpaired) electrons. The molecule has 0 aliphatic carbocycles. The van der Waals surface area contributed by atoms with Crippen LogP contribution in [0.5, 0.6) is 0 Å². The first-order valence-electron chi connectivity index (χ1n) is 7.95. The Morgan fingerprint density at radius 1 is 1.42 bits per heavy atom. The Morgan fingerprint density at radius 3 is 2.83 bits per heavy atom. The highest BCUT2D eigenvalue weighted by Crippen LogP contribution is 2.25. The first kappa shape index (κ1) is 17.3. The first-order chi connectivity index (χ1) is 11.4. The van der Waals surface area contributed by atoms with Crippen LogP contribution in [0.3, 0.4) is 0 Å². The fourth-order valence-corrected chi connectivity index (χ4v) is 5.76. The molecule has 0 N–H and O–H groups in total. The fraction of sp³-hybridized carbons (Fsp3) is 0.500. The summed E-state index contributed by atoms with van der Waals surface area (Å²) in [5.74, 6) is 0.453. The van der Waals surface area contributed by atoms with Crippen LogP contribution in [0.4, 0.5) is 0 Å². The molecule has 1 fully saturated rings. The molecule has 0 saturated carbocycles. The average molecular weight is 367 g/mol. The van der Waals surface area contributed by atoms with Crippen molar-refractivity contribution in [1.82, 2.24) is 14.5 Å². The zero-order valence-corrected chi connectivity index (χ0v) is 15.4. The molecule has 1 aliphatic heterocycles. The second-order valence-corrected chi connectivity index (χ2v) is 9.15. The number of aromatic nitrogens is 2. The zero-order chi connectivity index (χ0) is 17.3. The molecule has 130 valence electrons. The molecule has 6 nitrogen and oxygen atoms in total. The largest absolute Gasteiger partial charge is 0.341 e. The number of para-hydroxylation sites is 2. The molecule has 1 aromatic heterocycles. The summed E-state index contributed by atoms with van der Waals surface area (Å²) in [4.78, 5) is 18.6. The van der Waals surface area contributed by atoms with Gasteiger partial charge >= 0.3 is 0 Å². The molecule has 1 saturated heterocycles. The Labute approximate surface area is 146 Å². The summed E-state index contributed by atoms with van der Waals surface area (Å²) < 4.78 is 25.2. The van der Waals surface area contributed by atoms with Gasteiger partial charge in [0, 0.05) is 19.6 Å². The highest BCUT2D eigenvalue weighted by atomic mass is 32.2. The van der Waals surface area contributed by atoms with Crippen molar-refractivity contribution in [2.75, 3.05) is 24.3 Å². The molecule has 0 bridgehead atoms. The monoisotopic (exact) mass is 367 g/mol. The van der Waals surface area contributed by atoms with E-state index >= 15 is 0 Å². The molecule has 1 atom stereocenters. The van der Waals surface area contributed by atoms with Gasteiger partial charge in [-0.2, -0.15) is 0 Å². The van der Waals surface area contributed by atoms with Crippen molar-refractivity contribution in [1.29, 1.82) is 0 Å². The molecular formula is C16H21N3O3S2. The van der Waals surface area contributed by atoms with Crippen LogP contribution in [-0.4, -0.2) is 59.1 Å². The van der Waals surface area contributed by atoms with Gasteiger partial charge in [0.15, 0.2) is 15.0 Å². The van der Waals surface area contributed by atoms with E-state index in [0.29, 0.717) is 6.42 Å². The third kappa shape index (κ3) is 3.44. The predicted octanol–water partition coefficient (Wildman–Crippen LogP) is 1.79. The minimum atomic E-state index is -2.99. The number of carbonyl (C=O) groups excluding carboxylic acids is 1. The van der Waals surface area contributed by atoms with Crippen molar-refractivity contribution < 1.29 is 13.2 Å². The number of nitrogens with zero attached hydrogens (tertiary/aromatic N) is 3. The molecular weight excluding hydrogens is 346 g/mol. The topological polar surface area (TPSA) is 72.3 Å². The lowest BCUT2D eigenvalue weighted by Crippen LogP contribution is -2.38. The molecule has 1 aliphatic rings. The molecule has 8 heteroatoms. The molecule has 2 heterocycles. The zero-order valence-electron chi connectivity index (χ0n) is 13.8. The molecule has 0 spiro atoms. The Kier molecular flexibility index (Phi) is 4.87. The Balaban J connectivity index is 1.68. The van der Waals surface area contributed by atoms with E-state index in [-0.39, 0.29) is 29.2 Å². The number of thioether (sulfide) groups is 1. The lowest BCUT2D eigenvalue weighted by Gasteiger charge is -2.23. The van der Waals surface area contributed by atoms with E-state index < -0.39 is 9.84 Å². The summed E-state index contributed by atoms with van der Waals surface area (Å²) in [5, 5.41) is 0.819. The highest BCUT2D eigenvalue weighted by molar-refractivity contribution is 7.99. The van der Waals surface area contributed by atoms with Crippen molar-refractivity contribution in [3.63, 3.8) is 0 Å². The van der Waals surface area contributed by atoms with Gasteiger partial charge in [0.2, 0.25) is 5.91 Å². The van der Waals surface area contributed by atoms with Crippen molar-refractivity contribution >= 4 is 38.5 Å². The lowest BCUT2D eigenvalue weighted by molar-refractivity contribution is -0.128. The van der Waals surface area contributed by atoms with Gasteiger partial charge in [-0.15, -0.1) is 0 Å². The molecule has 1 amide bonds. The standard InChI is InChI=1S/C16H21N3O3S2/c1-3-19-14-7-5-4-6-13(14)17-16(19)23-10-15(20)18(2)12-8-9-24(21,22)11-12/h4-7,12H,3,8-11H2,1-2H3/t12-/m0/s1. The minimum absolute atomic E-state index is 0.0585. The number of hydrogen-bond acceptors (Lipinski definition) is 5. The second-order valence-electron chi connectivity index (χ2n) is 5.98. The number of aryl methyl sites for hydroxylation is 1. The van der Waals surface area contributed by atoms with Crippen molar-refractivity contribution in [3.8, 4) is 0 Å². The number of imidazole rings is 1. The molecule has 3 rings (SSSR count). The van der Waals surface area contributed by atoms with E-state index in [9.17, 15) is 13.2 Å². The Hall–Kier alpha value is -1.54. The van der Waals surface area contributed by atoms with E-state index in [1.54, 1.807) is 11.9 Å². The predicted molar refractivity (Wildman–Crippen MR) is 96.0 cm³/mol. The SMILES string of the molecule is CCn1c(SCC(=O)N(C)[C@H]2CCS(=O)(=O)C2)nc2ccccc21. The summed E-state index contributed by atoms with van der Waals surface area (Å²) in [6, 6.07) is 7.71. The third-order valence-electron chi connectivity index (χ3n) is 4.41. The number of benzene rings is 1. The van der Waals surface area contributed by atoms with Crippen LogP contribution < -0.4 is 0 Å². The number of amides is 1. The van der Waals surface area contributed by atoms with E-state index in [0.717, 1.165) is 22.7 Å². The summed E-state index contributed by atoms with van der Waals surface area (Å²) in [6.07, 6.45) is 0.530. The maximum absolute atomic E-state index is 12.4. The first-order valence-corrected chi connectivity index (χ1v) is 10.8. The number of carbonyl (C=O) groups is 1. The van der Waals surface area contributed by atoms with E-state index in [1.807, 2.05) is 24.3 Å². The van der Waals surface area contributed by atoms with Crippen LogP contribution in [0.2, 0.25) is 0 Å². The van der Waals surface area contributed by atoms with Crippen LogP contribution >= 0.6 is 11.8 Å². The second kappa shape index (κ2) is 6.76. The molecule has 0 unspecified atom stereocenters. The number of fused-ring (bicyclic) bond motifs is 1. The Bertz CT molecular complexity index is 861. The quantitative estimate of drug-likeness (QED) is 0.754. The lowest BCUT2D eigenvalue weighted by atomic mass is 10.2. The van der Waals surface area contributed by atoms with E-state index in [2.05, 4.69) is 16.5 Å². The normalized spacial score (nSPS) is 19.7. The van der Waals surface area contributed by atoms with Gasteiger partial charge in [-0.05, 0) is 25.5 Å². The van der Waals surface area contributed by atoms with Gasteiger partial charge in [0.1, 0.15) is 0 Å². The molecule has 1 aromatic carbocycles. The summed E-state index contributed by atoms with van der Waals surface area (Å²) >= 11 is 1.40. The average Bonchev–Trinajstić information content (AvgIpc) is 3.11. The van der Waals surface area contributed by atoms with Gasteiger partial charge in [-0.25, -0.2) is 13.4 Å². The van der Waals surface area contributed by atoms with Crippen LogP contribution in [0.25, 0.3) is 11.0 Å².